The number of hydrogen-bond donors (Lipinski definition) is 1. The molecule has 0 amide bonds. The monoisotopic (exact) mass is 322 g/mol. The van der Waals surface area contributed by atoms with Crippen LogP contribution in [-0.4, -0.2) is 29.6 Å². The van der Waals surface area contributed by atoms with E-state index in [-0.39, 0.29) is 5.56 Å². The predicted molar refractivity (Wildman–Crippen MR) is 80.6 cm³/mol. The zero-order valence-electron chi connectivity index (χ0n) is 12.8. The van der Waals surface area contributed by atoms with Crippen molar-refractivity contribution in [1.82, 2.24) is 4.72 Å². The first-order chi connectivity index (χ1) is 9.43. The highest BCUT2D eigenvalue weighted by molar-refractivity contribution is 7.90. The van der Waals surface area contributed by atoms with E-state index in [4.69, 9.17) is 0 Å². The molecule has 0 heterocycles. The molecule has 21 heavy (non-hydrogen) atoms. The standard InChI is InChI=1S/C14H21F3N2OS/c1-13(2,3)21(20)18-12(14(15,16)17)10-6-8-11(9-7-10)19(4)5/h6-9,12,18H,1-5H3/t12-,21?/m0/s1. The molecule has 120 valence electrons. The molecule has 0 aromatic heterocycles. The van der Waals surface area contributed by atoms with Gasteiger partial charge in [-0.1, -0.05) is 12.1 Å². The number of nitrogens with zero attached hydrogens (tertiary/aromatic N) is 1. The van der Waals surface area contributed by atoms with Crippen molar-refractivity contribution >= 4 is 17.0 Å². The normalized spacial score (nSPS) is 15.7. The Balaban J connectivity index is 3.04. The quantitative estimate of drug-likeness (QED) is 0.863. The van der Waals surface area contributed by atoms with Crippen LogP contribution in [0, 0.1) is 0 Å². The second kappa shape index (κ2) is 6.46. The van der Waals surface area contributed by atoms with E-state index < -0.39 is 28.3 Å². The van der Waals surface area contributed by atoms with Crippen molar-refractivity contribution in [2.45, 2.75) is 37.7 Å². The third kappa shape index (κ3) is 5.09. The summed E-state index contributed by atoms with van der Waals surface area (Å²) in [5.74, 6) is 0. The minimum absolute atomic E-state index is 0.0469. The third-order valence-electron chi connectivity index (χ3n) is 2.85. The van der Waals surface area contributed by atoms with Gasteiger partial charge < -0.3 is 9.45 Å². The maximum Gasteiger partial charge on any atom is 0.412 e. The van der Waals surface area contributed by atoms with Gasteiger partial charge in [0.15, 0.2) is 6.04 Å². The van der Waals surface area contributed by atoms with E-state index >= 15 is 0 Å². The number of anilines is 1. The van der Waals surface area contributed by atoms with Gasteiger partial charge in [0, 0.05) is 31.1 Å². The van der Waals surface area contributed by atoms with Gasteiger partial charge >= 0.3 is 6.18 Å². The first-order valence-corrected chi connectivity index (χ1v) is 7.60. The zero-order valence-corrected chi connectivity index (χ0v) is 13.6. The molecular weight excluding hydrogens is 301 g/mol. The Morgan fingerprint density at radius 3 is 1.90 bits per heavy atom. The van der Waals surface area contributed by atoms with Crippen molar-refractivity contribution in [2.24, 2.45) is 0 Å². The van der Waals surface area contributed by atoms with Crippen molar-refractivity contribution in [3.63, 3.8) is 0 Å². The molecule has 2 atom stereocenters. The number of nitrogens with one attached hydrogen (secondary N) is 1. The van der Waals surface area contributed by atoms with Crippen LogP contribution in [-0.2, 0) is 11.4 Å². The van der Waals surface area contributed by atoms with E-state index in [0.717, 1.165) is 5.69 Å². The van der Waals surface area contributed by atoms with Gasteiger partial charge in [0.05, 0.1) is 0 Å². The molecule has 0 aliphatic heterocycles. The van der Waals surface area contributed by atoms with Crippen LogP contribution < -0.4 is 9.62 Å². The minimum Gasteiger partial charge on any atom is -0.598 e. The number of rotatable bonds is 4. The maximum atomic E-state index is 13.2. The molecule has 0 aliphatic carbocycles. The van der Waals surface area contributed by atoms with Gasteiger partial charge in [-0.3, -0.25) is 0 Å². The molecule has 0 radical (unpaired) electrons. The van der Waals surface area contributed by atoms with Gasteiger partial charge in [0.2, 0.25) is 0 Å². The summed E-state index contributed by atoms with van der Waals surface area (Å²) in [5, 5.41) is 0. The molecule has 1 aromatic rings. The molecule has 3 nitrogen and oxygen atoms in total. The van der Waals surface area contributed by atoms with Gasteiger partial charge in [-0.25, -0.2) is 0 Å². The topological polar surface area (TPSA) is 38.3 Å². The Hall–Kier alpha value is -0.920. The Kier molecular flexibility index (Phi) is 5.57. The molecule has 1 N–H and O–H groups in total. The average Bonchev–Trinajstić information content (AvgIpc) is 2.33. The zero-order chi connectivity index (χ0) is 16.4. The fraction of sp³-hybridized carbons (Fsp3) is 0.571. The van der Waals surface area contributed by atoms with Gasteiger partial charge in [0.25, 0.3) is 0 Å². The maximum absolute atomic E-state index is 13.2. The van der Waals surface area contributed by atoms with Crippen LogP contribution in [0.25, 0.3) is 0 Å². The highest BCUT2D eigenvalue weighted by atomic mass is 32.2. The van der Waals surface area contributed by atoms with Crippen molar-refractivity contribution < 1.29 is 17.7 Å². The summed E-state index contributed by atoms with van der Waals surface area (Å²) in [5.41, 5.74) is 0.849. The van der Waals surface area contributed by atoms with E-state index in [1.165, 1.54) is 12.1 Å². The van der Waals surface area contributed by atoms with Crippen LogP contribution in [0.3, 0.4) is 0 Å². The molecule has 1 unspecified atom stereocenters. The number of halogens is 3. The lowest BCUT2D eigenvalue weighted by molar-refractivity contribution is -0.153. The second-order valence-corrected chi connectivity index (χ2v) is 7.96. The van der Waals surface area contributed by atoms with Crippen molar-refractivity contribution in [2.75, 3.05) is 19.0 Å². The van der Waals surface area contributed by atoms with Crippen molar-refractivity contribution in [3.05, 3.63) is 29.8 Å². The van der Waals surface area contributed by atoms with Crippen molar-refractivity contribution in [3.8, 4) is 0 Å². The molecule has 0 bridgehead atoms. The van der Waals surface area contributed by atoms with Crippen LogP contribution in [0.5, 0.6) is 0 Å². The van der Waals surface area contributed by atoms with E-state index in [2.05, 4.69) is 4.72 Å². The largest absolute Gasteiger partial charge is 0.598 e. The second-order valence-electron chi connectivity index (χ2n) is 5.96. The number of hydrogen-bond acceptors (Lipinski definition) is 3. The summed E-state index contributed by atoms with van der Waals surface area (Å²) < 4.78 is 53.0. The summed E-state index contributed by atoms with van der Waals surface area (Å²) in [6.07, 6.45) is -4.51. The third-order valence-corrected chi connectivity index (χ3v) is 4.41. The predicted octanol–water partition coefficient (Wildman–Crippen LogP) is 3.41. The first kappa shape index (κ1) is 18.1. The van der Waals surface area contributed by atoms with Gasteiger partial charge in [-0.2, -0.15) is 13.2 Å². The smallest absolute Gasteiger partial charge is 0.412 e. The molecule has 1 rings (SSSR count). The Morgan fingerprint density at radius 1 is 1.10 bits per heavy atom. The highest BCUT2D eigenvalue weighted by Gasteiger charge is 2.45. The molecule has 0 aliphatic rings. The van der Waals surface area contributed by atoms with E-state index in [9.17, 15) is 17.7 Å². The summed E-state index contributed by atoms with van der Waals surface area (Å²) in [7, 11) is 3.62. The SMILES string of the molecule is CN(C)c1ccc([C@H](N[S+]([O-])C(C)(C)C)C(F)(F)F)cc1. The van der Waals surface area contributed by atoms with Crippen LogP contribution in [0.4, 0.5) is 18.9 Å². The molecule has 1 aromatic carbocycles. The molecular formula is C14H21F3N2OS. The van der Waals surface area contributed by atoms with Crippen LogP contribution >= 0.6 is 0 Å². The summed E-state index contributed by atoms with van der Waals surface area (Å²) in [6, 6.07) is 4.07. The van der Waals surface area contributed by atoms with E-state index in [1.54, 1.807) is 37.8 Å². The average molecular weight is 322 g/mol. The number of alkyl halides is 3. The molecule has 0 fully saturated rings. The fourth-order valence-electron chi connectivity index (χ4n) is 1.57. The first-order valence-electron chi connectivity index (χ1n) is 6.45. The van der Waals surface area contributed by atoms with Crippen LogP contribution in [0.2, 0.25) is 0 Å². The Labute approximate surface area is 126 Å². The molecule has 0 saturated carbocycles. The lowest BCUT2D eigenvalue weighted by atomic mass is 10.1. The lowest BCUT2D eigenvalue weighted by Gasteiger charge is -2.29. The van der Waals surface area contributed by atoms with Gasteiger partial charge in [0.1, 0.15) is 4.75 Å². The number of benzene rings is 1. The highest BCUT2D eigenvalue weighted by Crippen LogP contribution is 2.35. The van der Waals surface area contributed by atoms with Crippen LogP contribution in [0.1, 0.15) is 32.4 Å². The Bertz CT molecular complexity index is 455. The molecule has 0 spiro atoms. The molecule has 7 heteroatoms. The lowest BCUT2D eigenvalue weighted by Crippen LogP contribution is -2.45. The van der Waals surface area contributed by atoms with Crippen LogP contribution in [0.15, 0.2) is 24.3 Å². The fourth-order valence-corrected chi connectivity index (χ4v) is 2.41. The van der Waals surface area contributed by atoms with Gasteiger partial charge in [-0.05, 0) is 38.5 Å². The summed E-state index contributed by atoms with van der Waals surface area (Å²) in [4.78, 5) is 1.80. The van der Waals surface area contributed by atoms with Gasteiger partial charge in [-0.15, -0.1) is 4.72 Å². The molecule has 0 saturated heterocycles. The van der Waals surface area contributed by atoms with E-state index in [1.807, 2.05) is 14.1 Å². The Morgan fingerprint density at radius 2 is 1.57 bits per heavy atom. The van der Waals surface area contributed by atoms with E-state index in [0.29, 0.717) is 0 Å². The summed E-state index contributed by atoms with van der Waals surface area (Å²) >= 11 is -1.81. The van der Waals surface area contributed by atoms with Crippen molar-refractivity contribution in [1.29, 1.82) is 0 Å². The summed E-state index contributed by atoms with van der Waals surface area (Å²) in [6.45, 7) is 4.87. The minimum atomic E-state index is -4.51.